The Balaban J connectivity index is 1.42. The van der Waals surface area contributed by atoms with Crippen LogP contribution in [0, 0.1) is 5.82 Å². The Morgan fingerprint density at radius 3 is 3.00 bits per heavy atom. The summed E-state index contributed by atoms with van der Waals surface area (Å²) in [5.41, 5.74) is 1.78. The van der Waals surface area contributed by atoms with E-state index in [9.17, 15) is 9.18 Å². The molecule has 4 rings (SSSR count). The second-order valence-electron chi connectivity index (χ2n) is 7.33. The summed E-state index contributed by atoms with van der Waals surface area (Å²) in [6.45, 7) is 1.47. The Morgan fingerprint density at radius 1 is 1.33 bits per heavy atom. The Labute approximate surface area is 158 Å². The molecule has 6 nitrogen and oxygen atoms in total. The van der Waals surface area contributed by atoms with Crippen molar-refractivity contribution in [1.82, 2.24) is 14.7 Å². The highest BCUT2D eigenvalue weighted by molar-refractivity contribution is 5.89. The average molecular weight is 372 g/mol. The van der Waals surface area contributed by atoms with Gasteiger partial charge in [-0.25, -0.2) is 9.18 Å². The molecule has 3 heterocycles. The summed E-state index contributed by atoms with van der Waals surface area (Å²) in [6, 6.07) is 8.46. The minimum Gasteiger partial charge on any atom is -0.372 e. The van der Waals surface area contributed by atoms with Crippen molar-refractivity contribution in [3.05, 3.63) is 47.4 Å². The van der Waals surface area contributed by atoms with E-state index in [0.29, 0.717) is 18.8 Å². The van der Waals surface area contributed by atoms with Crippen LogP contribution in [0.5, 0.6) is 0 Å². The summed E-state index contributed by atoms with van der Waals surface area (Å²) in [4.78, 5) is 14.7. The van der Waals surface area contributed by atoms with Crippen molar-refractivity contribution >= 4 is 11.8 Å². The zero-order chi connectivity index (χ0) is 18.8. The van der Waals surface area contributed by atoms with Crippen molar-refractivity contribution in [2.24, 2.45) is 7.05 Å². The predicted octanol–water partition coefficient (Wildman–Crippen LogP) is 3.65. The van der Waals surface area contributed by atoms with Crippen molar-refractivity contribution < 1.29 is 13.9 Å². The third kappa shape index (κ3) is 3.98. The van der Waals surface area contributed by atoms with Gasteiger partial charge in [0.2, 0.25) is 0 Å². The normalized spacial score (nSPS) is 22.4. The lowest BCUT2D eigenvalue weighted by Crippen LogP contribution is -2.40. The highest BCUT2D eigenvalue weighted by atomic mass is 19.1. The number of amides is 2. The molecule has 0 aliphatic carbocycles. The van der Waals surface area contributed by atoms with Gasteiger partial charge in [-0.05, 0) is 49.8 Å². The van der Waals surface area contributed by atoms with Gasteiger partial charge in [0.1, 0.15) is 17.7 Å². The van der Waals surface area contributed by atoms with E-state index in [2.05, 4.69) is 10.4 Å². The number of nitrogens with zero attached hydrogens (tertiary/aromatic N) is 3. The summed E-state index contributed by atoms with van der Waals surface area (Å²) < 4.78 is 20.8. The molecule has 1 aromatic heterocycles. The Morgan fingerprint density at radius 2 is 2.22 bits per heavy atom. The van der Waals surface area contributed by atoms with E-state index in [1.807, 2.05) is 24.1 Å². The van der Waals surface area contributed by atoms with Gasteiger partial charge in [-0.1, -0.05) is 12.1 Å². The third-order valence-corrected chi connectivity index (χ3v) is 5.39. The first kappa shape index (κ1) is 18.0. The molecule has 0 radical (unpaired) electrons. The number of aryl methyl sites for hydroxylation is 1. The van der Waals surface area contributed by atoms with Crippen LogP contribution in [0.3, 0.4) is 0 Å². The largest absolute Gasteiger partial charge is 0.372 e. The lowest BCUT2D eigenvalue weighted by molar-refractivity contribution is 0.108. The van der Waals surface area contributed by atoms with Crippen LogP contribution < -0.4 is 5.32 Å². The average Bonchev–Trinajstić information content (AvgIpc) is 3.37. The number of anilines is 1. The smallest absolute Gasteiger partial charge is 0.323 e. The third-order valence-electron chi connectivity index (χ3n) is 5.39. The van der Waals surface area contributed by atoms with Crippen LogP contribution in [0.4, 0.5) is 15.0 Å². The monoisotopic (exact) mass is 372 g/mol. The molecule has 0 saturated carbocycles. The van der Waals surface area contributed by atoms with E-state index in [0.717, 1.165) is 43.5 Å². The molecule has 2 amide bonds. The molecule has 1 aromatic carbocycles. The molecule has 2 aromatic rings. The van der Waals surface area contributed by atoms with Gasteiger partial charge in [0.25, 0.3) is 0 Å². The van der Waals surface area contributed by atoms with Gasteiger partial charge in [-0.15, -0.1) is 0 Å². The minimum absolute atomic E-state index is 0.0226. The summed E-state index contributed by atoms with van der Waals surface area (Å²) in [6.07, 6.45) is 4.58. The molecule has 7 heteroatoms. The number of carbonyl (C=O) groups is 1. The second-order valence-corrected chi connectivity index (χ2v) is 7.33. The molecule has 2 unspecified atom stereocenters. The number of hydrogen-bond donors (Lipinski definition) is 1. The van der Waals surface area contributed by atoms with E-state index in [1.165, 1.54) is 6.07 Å². The van der Waals surface area contributed by atoms with E-state index in [-0.39, 0.29) is 24.0 Å². The zero-order valence-electron chi connectivity index (χ0n) is 15.5. The first-order chi connectivity index (χ1) is 13.1. The van der Waals surface area contributed by atoms with Crippen LogP contribution >= 0.6 is 0 Å². The van der Waals surface area contributed by atoms with Crippen molar-refractivity contribution in [3.63, 3.8) is 0 Å². The lowest BCUT2D eigenvalue weighted by Gasteiger charge is -2.25. The standard InChI is InChI=1S/C20H25FN4O2/c1-24-19(13-17(23-24)18-8-4-10-27-18)22-20(26)25-9-3-7-16(25)12-14-5-2-6-15(21)11-14/h2,5-6,11,13,16,18H,3-4,7-10,12H2,1H3,(H,22,26). The van der Waals surface area contributed by atoms with Gasteiger partial charge in [0.15, 0.2) is 0 Å². The van der Waals surface area contributed by atoms with Crippen LogP contribution in [-0.4, -0.2) is 39.9 Å². The number of aromatic nitrogens is 2. The molecule has 2 saturated heterocycles. The number of benzene rings is 1. The minimum atomic E-state index is -0.238. The van der Waals surface area contributed by atoms with Gasteiger partial charge < -0.3 is 9.64 Å². The van der Waals surface area contributed by atoms with Crippen LogP contribution in [0.1, 0.15) is 43.0 Å². The van der Waals surface area contributed by atoms with E-state index < -0.39 is 0 Å². The van der Waals surface area contributed by atoms with Crippen LogP contribution in [0.2, 0.25) is 0 Å². The van der Waals surface area contributed by atoms with Crippen LogP contribution in [0.25, 0.3) is 0 Å². The van der Waals surface area contributed by atoms with Gasteiger partial charge in [-0.2, -0.15) is 5.10 Å². The number of nitrogens with one attached hydrogen (secondary N) is 1. The summed E-state index contributed by atoms with van der Waals surface area (Å²) in [5.74, 6) is 0.431. The SMILES string of the molecule is Cn1nc(C2CCCO2)cc1NC(=O)N1CCCC1Cc1cccc(F)c1. The second kappa shape index (κ2) is 7.68. The van der Waals surface area contributed by atoms with Crippen molar-refractivity contribution in [2.45, 2.75) is 44.2 Å². The van der Waals surface area contributed by atoms with E-state index in [1.54, 1.807) is 16.8 Å². The quantitative estimate of drug-likeness (QED) is 0.891. The topological polar surface area (TPSA) is 59.4 Å². The first-order valence-electron chi connectivity index (χ1n) is 9.58. The zero-order valence-corrected chi connectivity index (χ0v) is 15.5. The molecule has 2 atom stereocenters. The maximum atomic E-state index is 13.4. The molecular weight excluding hydrogens is 347 g/mol. The number of hydrogen-bond acceptors (Lipinski definition) is 3. The number of rotatable bonds is 4. The maximum Gasteiger partial charge on any atom is 0.323 e. The number of likely N-dealkylation sites (tertiary alicyclic amines) is 1. The molecule has 144 valence electrons. The molecule has 0 bridgehead atoms. The molecule has 2 aliphatic heterocycles. The summed E-state index contributed by atoms with van der Waals surface area (Å²) >= 11 is 0. The number of ether oxygens (including phenoxy) is 1. The fourth-order valence-corrected chi connectivity index (χ4v) is 4.01. The fraction of sp³-hybridized carbons (Fsp3) is 0.500. The molecule has 1 N–H and O–H groups in total. The number of halogens is 1. The lowest BCUT2D eigenvalue weighted by atomic mass is 10.0. The van der Waals surface area contributed by atoms with Crippen LogP contribution in [0.15, 0.2) is 30.3 Å². The Kier molecular flexibility index (Phi) is 5.11. The van der Waals surface area contributed by atoms with Gasteiger partial charge >= 0.3 is 6.03 Å². The Hall–Kier alpha value is -2.41. The van der Waals surface area contributed by atoms with Gasteiger partial charge in [-0.3, -0.25) is 10.00 Å². The predicted molar refractivity (Wildman–Crippen MR) is 100.0 cm³/mol. The van der Waals surface area contributed by atoms with Gasteiger partial charge in [0, 0.05) is 32.3 Å². The van der Waals surface area contributed by atoms with Gasteiger partial charge in [0.05, 0.1) is 5.69 Å². The van der Waals surface area contributed by atoms with Crippen molar-refractivity contribution in [2.75, 3.05) is 18.5 Å². The van der Waals surface area contributed by atoms with Crippen LogP contribution in [-0.2, 0) is 18.2 Å². The molecule has 0 spiro atoms. The van der Waals surface area contributed by atoms with E-state index in [4.69, 9.17) is 4.74 Å². The fourth-order valence-electron chi connectivity index (χ4n) is 4.01. The Bertz CT molecular complexity index is 816. The maximum absolute atomic E-state index is 13.4. The molecular formula is C20H25FN4O2. The summed E-state index contributed by atoms with van der Waals surface area (Å²) in [7, 11) is 1.82. The highest BCUT2D eigenvalue weighted by Crippen LogP contribution is 2.29. The van der Waals surface area contributed by atoms with E-state index >= 15 is 0 Å². The molecule has 27 heavy (non-hydrogen) atoms. The molecule has 2 aliphatic rings. The highest BCUT2D eigenvalue weighted by Gasteiger charge is 2.30. The number of urea groups is 1. The molecule has 2 fully saturated rings. The van der Waals surface area contributed by atoms with Crippen molar-refractivity contribution in [3.8, 4) is 0 Å². The number of carbonyl (C=O) groups excluding carboxylic acids is 1. The first-order valence-corrected chi connectivity index (χ1v) is 9.58. The summed E-state index contributed by atoms with van der Waals surface area (Å²) in [5, 5.41) is 7.47. The van der Waals surface area contributed by atoms with Crippen molar-refractivity contribution in [1.29, 1.82) is 0 Å².